The first-order valence-electron chi connectivity index (χ1n) is 15.2. The minimum atomic E-state index is -4.06. The number of rotatable bonds is 12. The first-order chi connectivity index (χ1) is 21.8. The molecule has 2 aromatic carbocycles. The van der Waals surface area contributed by atoms with Crippen LogP contribution >= 0.6 is 11.6 Å². The zero-order valence-electron chi connectivity index (χ0n) is 26.7. The minimum Gasteiger partial charge on any atom is -0.458 e. The number of hydrogen-bond donors (Lipinski definition) is 2. The average molecular weight is 673 g/mol. The fraction of sp³-hybridized carbons (Fsp3) is 0.438. The summed E-state index contributed by atoms with van der Waals surface area (Å²) in [6, 6.07) is 11.6. The van der Waals surface area contributed by atoms with Gasteiger partial charge in [0.1, 0.15) is 23.1 Å². The molecule has 0 saturated carbocycles. The van der Waals surface area contributed by atoms with Crippen molar-refractivity contribution in [2.45, 2.75) is 70.4 Å². The van der Waals surface area contributed by atoms with Crippen molar-refractivity contribution in [3.8, 4) is 5.75 Å². The lowest BCUT2D eigenvalue weighted by Gasteiger charge is -2.26. The SMILES string of the molecule is CCN(CC)c1ncc(NS(=O)(=O)c2ccc(Cl)cc2)c(N[C@@H](Cc2ccc(OC(=O)N3CCCC3)cc2)C(=O)OC(C)(C)C)n1. The molecule has 46 heavy (non-hydrogen) atoms. The summed E-state index contributed by atoms with van der Waals surface area (Å²) >= 11 is 5.96. The Morgan fingerprint density at radius 2 is 1.65 bits per heavy atom. The van der Waals surface area contributed by atoms with E-state index >= 15 is 0 Å². The molecular weight excluding hydrogens is 632 g/mol. The number of likely N-dealkylation sites (tertiary alicyclic amines) is 1. The normalized spacial score (nSPS) is 14.0. The summed E-state index contributed by atoms with van der Waals surface area (Å²) in [6.07, 6.45) is 3.05. The molecule has 3 aromatic rings. The molecule has 248 valence electrons. The van der Waals surface area contributed by atoms with E-state index in [1.54, 1.807) is 49.9 Å². The van der Waals surface area contributed by atoms with Crippen molar-refractivity contribution in [3.63, 3.8) is 0 Å². The summed E-state index contributed by atoms with van der Waals surface area (Å²) in [7, 11) is -4.06. The van der Waals surface area contributed by atoms with Crippen molar-refractivity contribution in [1.82, 2.24) is 14.9 Å². The van der Waals surface area contributed by atoms with E-state index in [1.165, 1.54) is 30.5 Å². The van der Waals surface area contributed by atoms with Crippen LogP contribution in [0.4, 0.5) is 22.2 Å². The first-order valence-corrected chi connectivity index (χ1v) is 17.1. The molecule has 0 radical (unpaired) electrons. The molecule has 1 saturated heterocycles. The third-order valence-electron chi connectivity index (χ3n) is 7.13. The van der Waals surface area contributed by atoms with Crippen molar-refractivity contribution in [1.29, 1.82) is 0 Å². The van der Waals surface area contributed by atoms with Gasteiger partial charge < -0.3 is 24.6 Å². The van der Waals surface area contributed by atoms with Crippen LogP contribution in [0.1, 0.15) is 53.0 Å². The highest BCUT2D eigenvalue weighted by molar-refractivity contribution is 7.92. The van der Waals surface area contributed by atoms with Gasteiger partial charge >= 0.3 is 12.1 Å². The Morgan fingerprint density at radius 3 is 2.24 bits per heavy atom. The Kier molecular flexibility index (Phi) is 11.3. The third kappa shape index (κ3) is 9.46. The molecule has 0 bridgehead atoms. The lowest BCUT2D eigenvalue weighted by atomic mass is 10.1. The van der Waals surface area contributed by atoms with Crippen LogP contribution in [0.25, 0.3) is 0 Å². The molecule has 4 rings (SSSR count). The number of nitrogens with one attached hydrogen (secondary N) is 2. The van der Waals surface area contributed by atoms with Crippen molar-refractivity contribution in [2.24, 2.45) is 0 Å². The highest BCUT2D eigenvalue weighted by Crippen LogP contribution is 2.27. The summed E-state index contributed by atoms with van der Waals surface area (Å²) in [5.41, 5.74) is -0.00365. The predicted octanol–water partition coefficient (Wildman–Crippen LogP) is 5.74. The fourth-order valence-corrected chi connectivity index (χ4v) is 5.94. The second kappa shape index (κ2) is 15.0. The van der Waals surface area contributed by atoms with Crippen molar-refractivity contribution < 1.29 is 27.5 Å². The number of sulfonamides is 1. The maximum atomic E-state index is 13.5. The molecule has 1 amide bonds. The Balaban J connectivity index is 1.64. The van der Waals surface area contributed by atoms with Gasteiger partial charge in [0.25, 0.3) is 10.0 Å². The molecule has 14 heteroatoms. The largest absolute Gasteiger partial charge is 0.458 e. The van der Waals surface area contributed by atoms with Crippen molar-refractivity contribution in [2.75, 3.05) is 41.1 Å². The number of carbonyl (C=O) groups is 2. The van der Waals surface area contributed by atoms with E-state index in [0.29, 0.717) is 42.9 Å². The Bertz CT molecular complexity index is 1600. The minimum absolute atomic E-state index is 0.00937. The number of carbonyl (C=O) groups excluding carboxylic acids is 2. The zero-order valence-corrected chi connectivity index (χ0v) is 28.3. The third-order valence-corrected chi connectivity index (χ3v) is 8.76. The number of amides is 1. The molecule has 0 aliphatic carbocycles. The number of nitrogens with zero attached hydrogens (tertiary/aromatic N) is 4. The first kappa shape index (κ1) is 34.8. The van der Waals surface area contributed by atoms with Gasteiger partial charge in [-0.2, -0.15) is 4.98 Å². The van der Waals surface area contributed by atoms with E-state index in [2.05, 4.69) is 20.0 Å². The monoisotopic (exact) mass is 672 g/mol. The highest BCUT2D eigenvalue weighted by atomic mass is 35.5. The van der Waals surface area contributed by atoms with Gasteiger partial charge in [0.05, 0.1) is 11.1 Å². The molecule has 12 nitrogen and oxygen atoms in total. The molecule has 2 heterocycles. The van der Waals surface area contributed by atoms with Crippen LogP contribution < -0.4 is 19.7 Å². The maximum absolute atomic E-state index is 13.5. The number of anilines is 3. The average Bonchev–Trinajstić information content (AvgIpc) is 3.54. The predicted molar refractivity (Wildman–Crippen MR) is 178 cm³/mol. The molecule has 1 fully saturated rings. The lowest BCUT2D eigenvalue weighted by Crippen LogP contribution is -2.38. The van der Waals surface area contributed by atoms with Crippen LogP contribution in [0.3, 0.4) is 0 Å². The van der Waals surface area contributed by atoms with Crippen molar-refractivity contribution >= 4 is 51.1 Å². The van der Waals surface area contributed by atoms with Crippen LogP contribution in [0.5, 0.6) is 5.75 Å². The Morgan fingerprint density at radius 1 is 1.02 bits per heavy atom. The summed E-state index contributed by atoms with van der Waals surface area (Å²) in [5, 5.41) is 3.53. The van der Waals surface area contributed by atoms with Crippen molar-refractivity contribution in [3.05, 3.63) is 65.3 Å². The summed E-state index contributed by atoms with van der Waals surface area (Å²) < 4.78 is 40.4. The molecule has 1 aromatic heterocycles. The smallest absolute Gasteiger partial charge is 0.415 e. The van der Waals surface area contributed by atoms with Gasteiger partial charge in [-0.1, -0.05) is 23.7 Å². The number of benzene rings is 2. The number of hydrogen-bond acceptors (Lipinski definition) is 10. The van der Waals surface area contributed by atoms with Crippen LogP contribution in [0.2, 0.25) is 5.02 Å². The summed E-state index contributed by atoms with van der Waals surface area (Å²) in [6.45, 7) is 11.8. The molecule has 2 N–H and O–H groups in total. The molecule has 1 aliphatic heterocycles. The molecular formula is C32H41ClN6O6S. The van der Waals surface area contributed by atoms with Crippen LogP contribution in [-0.2, 0) is 26.0 Å². The fourth-order valence-electron chi connectivity index (χ4n) is 4.76. The highest BCUT2D eigenvalue weighted by Gasteiger charge is 2.28. The van der Waals surface area contributed by atoms with Gasteiger partial charge in [-0.15, -0.1) is 0 Å². The quantitative estimate of drug-likeness (QED) is 0.229. The molecule has 1 aliphatic rings. The standard InChI is InChI=1S/C32H41ClN6O6S/c1-6-38(7-2)30-34-21-27(37-46(42,43)25-16-12-23(33)13-17-25)28(36-30)35-26(29(40)45-32(3,4)5)20-22-10-14-24(15-11-22)44-31(41)39-18-8-9-19-39/h10-17,21,26,37H,6-9,18-20H2,1-5H3,(H,34,35,36)/t26-/m0/s1. The van der Waals surface area contributed by atoms with E-state index in [9.17, 15) is 18.0 Å². The van der Waals surface area contributed by atoms with Gasteiger partial charge in [0, 0.05) is 37.6 Å². The Hall–Kier alpha value is -4.10. The number of esters is 1. The summed E-state index contributed by atoms with van der Waals surface area (Å²) in [4.78, 5) is 38.6. The van der Waals surface area contributed by atoms with E-state index in [0.717, 1.165) is 18.4 Å². The van der Waals surface area contributed by atoms with Gasteiger partial charge in [-0.05, 0) is 89.4 Å². The number of ether oxygens (including phenoxy) is 2. The second-order valence-electron chi connectivity index (χ2n) is 11.8. The molecule has 1 atom stereocenters. The molecule has 0 spiro atoms. The Labute approximate surface area is 275 Å². The van der Waals surface area contributed by atoms with Crippen LogP contribution in [0, 0.1) is 0 Å². The molecule has 0 unspecified atom stereocenters. The topological polar surface area (TPSA) is 143 Å². The van der Waals surface area contributed by atoms with E-state index in [-0.39, 0.29) is 28.9 Å². The van der Waals surface area contributed by atoms with Gasteiger partial charge in [-0.25, -0.2) is 23.0 Å². The second-order valence-corrected chi connectivity index (χ2v) is 13.9. The van der Waals surface area contributed by atoms with Gasteiger partial charge in [0.2, 0.25) is 5.95 Å². The van der Waals surface area contributed by atoms with E-state index in [4.69, 9.17) is 21.1 Å². The van der Waals surface area contributed by atoms with E-state index < -0.39 is 27.6 Å². The van der Waals surface area contributed by atoms with Crippen LogP contribution in [-0.4, -0.2) is 73.2 Å². The maximum Gasteiger partial charge on any atom is 0.415 e. The summed E-state index contributed by atoms with van der Waals surface area (Å²) in [5.74, 6) is 0.281. The van der Waals surface area contributed by atoms with E-state index in [1.807, 2.05) is 18.7 Å². The van der Waals surface area contributed by atoms with Gasteiger partial charge in [0.15, 0.2) is 5.82 Å². The lowest BCUT2D eigenvalue weighted by molar-refractivity contribution is -0.155. The zero-order chi connectivity index (χ0) is 33.5. The van der Waals surface area contributed by atoms with Crippen LogP contribution in [0.15, 0.2) is 59.6 Å². The van der Waals surface area contributed by atoms with Gasteiger partial charge in [-0.3, -0.25) is 4.72 Å². The number of halogens is 1. The number of aromatic nitrogens is 2.